The van der Waals surface area contributed by atoms with Crippen LogP contribution in [0.4, 0.5) is 0 Å². The van der Waals surface area contributed by atoms with Gasteiger partial charge in [0.2, 0.25) is 5.91 Å². The summed E-state index contributed by atoms with van der Waals surface area (Å²) < 4.78 is 0. The molecule has 0 radical (unpaired) electrons. The van der Waals surface area contributed by atoms with E-state index in [-0.39, 0.29) is 33.6 Å². The number of carbonyl (C=O) groups excluding carboxylic acids is 2. The molecule has 0 unspecified atom stereocenters. The number of hydrogen-bond acceptors (Lipinski definition) is 3. The van der Waals surface area contributed by atoms with Crippen molar-refractivity contribution >= 4 is 11.7 Å². The average Bonchev–Trinajstić information content (AvgIpc) is 2.10. The topological polar surface area (TPSA) is 58.2 Å². The van der Waals surface area contributed by atoms with Gasteiger partial charge in [-0.2, -0.15) is 0 Å². The molecular formula is C9H22N2O2. The Kier molecular flexibility index (Phi) is 6.14. The molecule has 0 aromatic heterocycles. The molecule has 80 valence electrons. The highest BCUT2D eigenvalue weighted by molar-refractivity contribution is 5.87. The van der Waals surface area contributed by atoms with Crippen molar-refractivity contribution in [2.24, 2.45) is 5.92 Å². The summed E-state index contributed by atoms with van der Waals surface area (Å²) in [4.78, 5) is 22.1. The van der Waals surface area contributed by atoms with Crippen LogP contribution in [0.3, 0.4) is 0 Å². The molecule has 0 atom stereocenters. The molecule has 0 spiro atoms. The van der Waals surface area contributed by atoms with Crippen LogP contribution < -0.4 is 10.6 Å². The molecular weight excluding hydrogens is 168 g/mol. The minimum absolute atomic E-state index is 0. The molecule has 0 aliphatic heterocycles. The highest BCUT2D eigenvalue weighted by atomic mass is 16.2. The van der Waals surface area contributed by atoms with Crippen LogP contribution in [0.25, 0.3) is 0 Å². The third kappa shape index (κ3) is 6.28. The van der Waals surface area contributed by atoms with E-state index in [4.69, 9.17) is 0 Å². The van der Waals surface area contributed by atoms with E-state index in [0.717, 1.165) is 6.54 Å². The SMILES string of the molecule is CCNCC(=O)NCC(=O)C(C)C.[HH].[HH]. The van der Waals surface area contributed by atoms with Crippen molar-refractivity contribution in [1.82, 2.24) is 10.6 Å². The van der Waals surface area contributed by atoms with Crippen LogP contribution in [-0.2, 0) is 9.59 Å². The molecule has 0 bridgehead atoms. The number of carbonyl (C=O) groups is 2. The van der Waals surface area contributed by atoms with Gasteiger partial charge in [-0.1, -0.05) is 20.8 Å². The Morgan fingerprint density at radius 1 is 1.31 bits per heavy atom. The standard InChI is InChI=1S/C9H18N2O2.2H2/c1-4-10-6-9(13)11-5-8(12)7(2)3;;/h7,10H,4-6H2,1-3H3,(H,11,13);2*1H. The normalized spacial score (nSPS) is 10.2. The zero-order chi connectivity index (χ0) is 10.3. The smallest absolute Gasteiger partial charge is 0.234 e. The summed E-state index contributed by atoms with van der Waals surface area (Å²) >= 11 is 0. The predicted molar refractivity (Wildman–Crippen MR) is 55.6 cm³/mol. The van der Waals surface area contributed by atoms with Gasteiger partial charge in [0.25, 0.3) is 0 Å². The molecule has 0 saturated heterocycles. The van der Waals surface area contributed by atoms with E-state index in [9.17, 15) is 9.59 Å². The summed E-state index contributed by atoms with van der Waals surface area (Å²) in [6, 6.07) is 0. The van der Waals surface area contributed by atoms with E-state index in [2.05, 4.69) is 10.6 Å². The largest absolute Gasteiger partial charge is 0.348 e. The third-order valence-electron chi connectivity index (χ3n) is 1.64. The Morgan fingerprint density at radius 2 is 1.92 bits per heavy atom. The van der Waals surface area contributed by atoms with Gasteiger partial charge in [-0.3, -0.25) is 9.59 Å². The molecule has 13 heavy (non-hydrogen) atoms. The lowest BCUT2D eigenvalue weighted by molar-refractivity contribution is -0.126. The Balaban J connectivity index is -0.000000720. The fraction of sp³-hybridized carbons (Fsp3) is 0.778. The molecule has 4 nitrogen and oxygen atoms in total. The van der Waals surface area contributed by atoms with Crippen LogP contribution in [0.1, 0.15) is 23.6 Å². The highest BCUT2D eigenvalue weighted by Crippen LogP contribution is 1.91. The van der Waals surface area contributed by atoms with Crippen molar-refractivity contribution in [2.75, 3.05) is 19.6 Å². The maximum absolute atomic E-state index is 11.1. The van der Waals surface area contributed by atoms with Gasteiger partial charge in [0.15, 0.2) is 5.78 Å². The van der Waals surface area contributed by atoms with E-state index in [1.807, 2.05) is 20.8 Å². The fourth-order valence-electron chi connectivity index (χ4n) is 0.691. The highest BCUT2D eigenvalue weighted by Gasteiger charge is 2.08. The maximum atomic E-state index is 11.1. The summed E-state index contributed by atoms with van der Waals surface area (Å²) in [5, 5.41) is 5.43. The first-order chi connectivity index (χ1) is 6.07. The van der Waals surface area contributed by atoms with E-state index in [1.54, 1.807) is 0 Å². The minimum atomic E-state index is -0.129. The van der Waals surface area contributed by atoms with Gasteiger partial charge in [0.1, 0.15) is 0 Å². The van der Waals surface area contributed by atoms with Gasteiger partial charge in [-0.25, -0.2) is 0 Å². The maximum Gasteiger partial charge on any atom is 0.234 e. The Morgan fingerprint density at radius 3 is 2.38 bits per heavy atom. The van der Waals surface area contributed by atoms with Crippen LogP contribution in [0, 0.1) is 5.92 Å². The molecule has 0 heterocycles. The van der Waals surface area contributed by atoms with Gasteiger partial charge in [0, 0.05) is 8.77 Å². The van der Waals surface area contributed by atoms with Gasteiger partial charge < -0.3 is 10.6 Å². The monoisotopic (exact) mass is 190 g/mol. The van der Waals surface area contributed by atoms with E-state index >= 15 is 0 Å². The number of amides is 1. The number of nitrogens with one attached hydrogen (secondary N) is 2. The van der Waals surface area contributed by atoms with Crippen LogP contribution in [-0.4, -0.2) is 31.3 Å². The number of Topliss-reactive ketones (excluding diaryl/α,β-unsaturated/α-hetero) is 1. The fourth-order valence-corrected chi connectivity index (χ4v) is 0.691. The van der Waals surface area contributed by atoms with Gasteiger partial charge >= 0.3 is 0 Å². The first-order valence-corrected chi connectivity index (χ1v) is 4.58. The van der Waals surface area contributed by atoms with Crippen LogP contribution in [0.15, 0.2) is 0 Å². The Bertz CT molecular complexity index is 187. The lowest BCUT2D eigenvalue weighted by Gasteiger charge is -2.06. The van der Waals surface area contributed by atoms with Gasteiger partial charge in [-0.05, 0) is 6.54 Å². The summed E-state index contributed by atoms with van der Waals surface area (Å²) in [5.41, 5.74) is 0. The third-order valence-corrected chi connectivity index (χ3v) is 1.64. The van der Waals surface area contributed by atoms with E-state index in [0.29, 0.717) is 0 Å². The summed E-state index contributed by atoms with van der Waals surface area (Å²) in [6.07, 6.45) is 0. The second-order valence-electron chi connectivity index (χ2n) is 3.18. The Hall–Kier alpha value is -0.900. The quantitative estimate of drug-likeness (QED) is 0.638. The van der Waals surface area contributed by atoms with Crippen molar-refractivity contribution in [1.29, 1.82) is 0 Å². The molecule has 0 aliphatic carbocycles. The molecule has 0 saturated carbocycles. The number of ketones is 1. The van der Waals surface area contributed by atoms with Crippen molar-refractivity contribution in [3.63, 3.8) is 0 Å². The molecule has 0 aliphatic rings. The van der Waals surface area contributed by atoms with E-state index in [1.165, 1.54) is 0 Å². The second-order valence-corrected chi connectivity index (χ2v) is 3.18. The molecule has 4 heteroatoms. The first-order valence-electron chi connectivity index (χ1n) is 4.58. The van der Waals surface area contributed by atoms with Crippen LogP contribution in [0.2, 0.25) is 0 Å². The van der Waals surface area contributed by atoms with Crippen LogP contribution in [0.5, 0.6) is 0 Å². The predicted octanol–water partition coefficient (Wildman–Crippen LogP) is 0.429. The van der Waals surface area contributed by atoms with Gasteiger partial charge in [-0.15, -0.1) is 0 Å². The van der Waals surface area contributed by atoms with Gasteiger partial charge in [0.05, 0.1) is 13.1 Å². The molecule has 2 N–H and O–H groups in total. The summed E-state index contributed by atoms with van der Waals surface area (Å²) in [6.45, 7) is 6.74. The second kappa shape index (κ2) is 6.60. The molecule has 0 fully saturated rings. The first kappa shape index (κ1) is 12.1. The number of hydrogen-bond donors (Lipinski definition) is 2. The van der Waals surface area contributed by atoms with Crippen LogP contribution >= 0.6 is 0 Å². The average molecular weight is 190 g/mol. The number of likely N-dealkylation sites (N-methyl/N-ethyl adjacent to an activating group) is 1. The van der Waals surface area contributed by atoms with Crippen molar-refractivity contribution < 1.29 is 12.4 Å². The molecule has 1 amide bonds. The number of rotatable bonds is 6. The van der Waals surface area contributed by atoms with Crippen molar-refractivity contribution in [3.8, 4) is 0 Å². The zero-order valence-electron chi connectivity index (χ0n) is 8.52. The van der Waals surface area contributed by atoms with E-state index < -0.39 is 0 Å². The Labute approximate surface area is 82.1 Å². The zero-order valence-corrected chi connectivity index (χ0v) is 8.52. The lowest BCUT2D eigenvalue weighted by atomic mass is 10.1. The summed E-state index contributed by atoms with van der Waals surface area (Å²) in [7, 11) is 0. The van der Waals surface area contributed by atoms with Crippen molar-refractivity contribution in [2.45, 2.75) is 20.8 Å². The minimum Gasteiger partial charge on any atom is -0.348 e. The molecule has 0 rings (SSSR count). The summed E-state index contributed by atoms with van der Waals surface area (Å²) in [5.74, 6) is -0.0832. The lowest BCUT2D eigenvalue weighted by Crippen LogP contribution is -2.37. The van der Waals surface area contributed by atoms with Crippen molar-refractivity contribution in [3.05, 3.63) is 0 Å². The molecule has 0 aromatic rings. The molecule has 0 aromatic carbocycles.